The molecule has 1 N–H and O–H groups in total. The molecule has 0 radical (unpaired) electrons. The van der Waals surface area contributed by atoms with Crippen LogP contribution in [0.15, 0.2) is 34.0 Å². The Labute approximate surface area is 172 Å². The first-order valence-electron chi connectivity index (χ1n) is 7.31. The molecule has 134 valence electrons. The van der Waals surface area contributed by atoms with E-state index in [2.05, 4.69) is 20.5 Å². The number of hydrogen-bond acceptors (Lipinski definition) is 7. The van der Waals surface area contributed by atoms with E-state index in [0.717, 1.165) is 20.6 Å². The Morgan fingerprint density at radius 2 is 2.08 bits per heavy atom. The highest BCUT2D eigenvalue weighted by molar-refractivity contribution is 8.00. The van der Waals surface area contributed by atoms with E-state index in [1.165, 1.54) is 40.5 Å². The van der Waals surface area contributed by atoms with E-state index in [-0.39, 0.29) is 5.91 Å². The number of carbonyl (C=O) groups is 1. The van der Waals surface area contributed by atoms with Gasteiger partial charge in [-0.3, -0.25) is 10.1 Å². The van der Waals surface area contributed by atoms with Crippen molar-refractivity contribution in [1.82, 2.24) is 15.2 Å². The van der Waals surface area contributed by atoms with Crippen LogP contribution >= 0.6 is 57.6 Å². The zero-order valence-corrected chi connectivity index (χ0v) is 17.4. The molecule has 2 aromatic heterocycles. The zero-order chi connectivity index (χ0) is 18.5. The lowest BCUT2D eigenvalue weighted by Crippen LogP contribution is -2.07. The maximum atomic E-state index is 11.9. The first-order valence-corrected chi connectivity index (χ1v) is 10.8. The quantitative estimate of drug-likeness (QED) is 0.307. The Bertz CT molecular complexity index is 934. The lowest BCUT2D eigenvalue weighted by molar-refractivity contribution is -0.111. The minimum atomic E-state index is -0.280. The van der Waals surface area contributed by atoms with Gasteiger partial charge in [0.25, 0.3) is 0 Å². The number of rotatable bonds is 6. The Kier molecular flexibility index (Phi) is 6.66. The maximum absolute atomic E-state index is 11.9. The summed E-state index contributed by atoms with van der Waals surface area (Å²) in [6.07, 6.45) is 3.08. The predicted molar refractivity (Wildman–Crippen MR) is 110 cm³/mol. The number of hydrogen-bond donors (Lipinski definition) is 1. The topological polar surface area (TPSA) is 67.8 Å². The molecule has 0 fully saturated rings. The summed E-state index contributed by atoms with van der Waals surface area (Å²) < 4.78 is 0.718. The number of amides is 1. The van der Waals surface area contributed by atoms with E-state index in [9.17, 15) is 4.79 Å². The van der Waals surface area contributed by atoms with Crippen LogP contribution < -0.4 is 5.32 Å². The average molecular weight is 443 g/mol. The number of halogens is 2. The van der Waals surface area contributed by atoms with Crippen LogP contribution in [0.5, 0.6) is 0 Å². The molecule has 0 unspecified atom stereocenters. The maximum Gasteiger partial charge on any atom is 0.250 e. The Morgan fingerprint density at radius 3 is 2.77 bits per heavy atom. The first kappa shape index (κ1) is 19.3. The third kappa shape index (κ3) is 5.28. The Balaban J connectivity index is 1.56. The van der Waals surface area contributed by atoms with E-state index in [1.807, 2.05) is 12.3 Å². The third-order valence-corrected chi connectivity index (χ3v) is 6.58. The Hall–Kier alpha value is -1.45. The first-order chi connectivity index (χ1) is 12.5. The summed E-state index contributed by atoms with van der Waals surface area (Å²) in [5.74, 6) is 0.293. The van der Waals surface area contributed by atoms with Crippen molar-refractivity contribution in [2.75, 3.05) is 5.32 Å². The summed E-state index contributed by atoms with van der Waals surface area (Å²) in [7, 11) is 0. The molecule has 3 aromatic rings. The fraction of sp³-hybridized carbons (Fsp3) is 0.125. The molecule has 0 aliphatic rings. The van der Waals surface area contributed by atoms with Gasteiger partial charge in [0.2, 0.25) is 11.0 Å². The zero-order valence-electron chi connectivity index (χ0n) is 13.4. The number of benzene rings is 1. The molecule has 2 heterocycles. The van der Waals surface area contributed by atoms with Crippen LogP contribution in [-0.4, -0.2) is 21.1 Å². The molecule has 0 aliphatic heterocycles. The van der Waals surface area contributed by atoms with Gasteiger partial charge < -0.3 is 0 Å². The largest absolute Gasteiger partial charge is 0.297 e. The van der Waals surface area contributed by atoms with Crippen molar-refractivity contribution in [3.8, 4) is 0 Å². The number of anilines is 1. The highest BCUT2D eigenvalue weighted by Gasteiger charge is 2.10. The fourth-order valence-corrected chi connectivity index (χ4v) is 4.96. The number of thiazole rings is 1. The van der Waals surface area contributed by atoms with E-state index in [0.29, 0.717) is 20.9 Å². The van der Waals surface area contributed by atoms with Gasteiger partial charge in [0.15, 0.2) is 4.34 Å². The monoisotopic (exact) mass is 442 g/mol. The van der Waals surface area contributed by atoms with Gasteiger partial charge >= 0.3 is 0 Å². The van der Waals surface area contributed by atoms with Gasteiger partial charge in [0, 0.05) is 27.3 Å². The molecule has 10 heteroatoms. The van der Waals surface area contributed by atoms with Gasteiger partial charge in [-0.2, -0.15) is 0 Å². The molecule has 0 saturated carbocycles. The molecule has 0 atom stereocenters. The molecule has 0 bridgehead atoms. The van der Waals surface area contributed by atoms with Gasteiger partial charge in [-0.1, -0.05) is 52.4 Å². The van der Waals surface area contributed by atoms with Crippen LogP contribution in [0.25, 0.3) is 6.08 Å². The van der Waals surface area contributed by atoms with E-state index in [4.69, 9.17) is 23.2 Å². The molecule has 1 amide bonds. The summed E-state index contributed by atoms with van der Waals surface area (Å²) in [6.45, 7) is 1.91. The molecule has 0 saturated heterocycles. The minimum absolute atomic E-state index is 0.280. The molecular weight excluding hydrogens is 431 g/mol. The molecule has 26 heavy (non-hydrogen) atoms. The Morgan fingerprint density at radius 1 is 1.31 bits per heavy atom. The molecule has 0 aliphatic carbocycles. The van der Waals surface area contributed by atoms with Crippen molar-refractivity contribution in [3.63, 3.8) is 0 Å². The molecular formula is C16H12Cl2N4OS3. The van der Waals surface area contributed by atoms with Crippen molar-refractivity contribution >= 4 is 74.8 Å². The summed E-state index contributed by atoms with van der Waals surface area (Å²) in [5, 5.41) is 15.2. The highest BCUT2D eigenvalue weighted by atomic mass is 35.5. The van der Waals surface area contributed by atoms with Crippen molar-refractivity contribution < 1.29 is 4.79 Å². The SMILES string of the molecule is Cc1nc(/C=C/C(=O)Nc2nnc(SCc3c(Cl)cccc3Cl)s2)cs1. The normalized spacial score (nSPS) is 11.2. The number of aryl methyl sites for hydroxylation is 1. The van der Waals surface area contributed by atoms with Gasteiger partial charge in [-0.05, 0) is 30.7 Å². The van der Waals surface area contributed by atoms with Gasteiger partial charge in [-0.15, -0.1) is 21.5 Å². The van der Waals surface area contributed by atoms with Gasteiger partial charge in [-0.25, -0.2) is 4.98 Å². The van der Waals surface area contributed by atoms with Crippen LogP contribution in [0.4, 0.5) is 5.13 Å². The smallest absolute Gasteiger partial charge is 0.250 e. The number of nitrogens with one attached hydrogen (secondary N) is 1. The van der Waals surface area contributed by atoms with Crippen molar-refractivity contribution in [3.05, 3.63) is 56.0 Å². The predicted octanol–water partition coefficient (Wildman–Crippen LogP) is 5.55. The minimum Gasteiger partial charge on any atom is -0.297 e. The van der Waals surface area contributed by atoms with E-state index >= 15 is 0 Å². The number of nitrogens with zero attached hydrogens (tertiary/aromatic N) is 3. The van der Waals surface area contributed by atoms with Crippen molar-refractivity contribution in [1.29, 1.82) is 0 Å². The molecule has 0 spiro atoms. The van der Waals surface area contributed by atoms with Crippen LogP contribution in [0, 0.1) is 6.92 Å². The van der Waals surface area contributed by atoms with Gasteiger partial charge in [0.1, 0.15) is 0 Å². The van der Waals surface area contributed by atoms with Crippen LogP contribution in [-0.2, 0) is 10.5 Å². The molecule has 3 rings (SSSR count). The number of thioether (sulfide) groups is 1. The van der Waals surface area contributed by atoms with E-state index in [1.54, 1.807) is 24.3 Å². The lowest BCUT2D eigenvalue weighted by Gasteiger charge is -2.04. The molecule has 5 nitrogen and oxygen atoms in total. The van der Waals surface area contributed by atoms with Crippen molar-refractivity contribution in [2.24, 2.45) is 0 Å². The fourth-order valence-electron chi connectivity index (χ4n) is 1.89. The van der Waals surface area contributed by atoms with Gasteiger partial charge in [0.05, 0.1) is 10.7 Å². The second-order valence-electron chi connectivity index (χ2n) is 4.98. The van der Waals surface area contributed by atoms with Crippen molar-refractivity contribution in [2.45, 2.75) is 17.0 Å². The summed E-state index contributed by atoms with van der Waals surface area (Å²) in [6, 6.07) is 5.40. The third-order valence-electron chi connectivity index (χ3n) is 3.08. The second-order valence-corrected chi connectivity index (χ2v) is 9.05. The standard InChI is InChI=1S/C16H12Cl2N4OS3/c1-9-19-10(7-24-9)5-6-14(23)20-15-21-22-16(26-15)25-8-11-12(17)3-2-4-13(11)18/h2-7H,8H2,1H3,(H,20,21,23)/b6-5+. The summed E-state index contributed by atoms with van der Waals surface area (Å²) >= 11 is 16.6. The average Bonchev–Trinajstić information content (AvgIpc) is 3.21. The van der Waals surface area contributed by atoms with Crippen LogP contribution in [0.2, 0.25) is 10.0 Å². The highest BCUT2D eigenvalue weighted by Crippen LogP contribution is 2.33. The summed E-state index contributed by atoms with van der Waals surface area (Å²) in [5.41, 5.74) is 1.61. The number of aromatic nitrogens is 3. The van der Waals surface area contributed by atoms with Crippen LogP contribution in [0.1, 0.15) is 16.3 Å². The molecule has 1 aromatic carbocycles. The van der Waals surface area contributed by atoms with E-state index < -0.39 is 0 Å². The number of carbonyl (C=O) groups excluding carboxylic acids is 1. The van der Waals surface area contributed by atoms with Crippen LogP contribution in [0.3, 0.4) is 0 Å². The summed E-state index contributed by atoms with van der Waals surface area (Å²) in [4.78, 5) is 16.2. The second kappa shape index (κ2) is 8.96. The lowest BCUT2D eigenvalue weighted by atomic mass is 10.2.